The van der Waals surface area contributed by atoms with E-state index in [4.69, 9.17) is 0 Å². The van der Waals surface area contributed by atoms with E-state index in [0.29, 0.717) is 10.8 Å². The second-order valence-electron chi connectivity index (χ2n) is 7.22. The minimum Gasteiger partial charge on any atom is -0.345 e. The lowest BCUT2D eigenvalue weighted by Gasteiger charge is -2.22. The van der Waals surface area contributed by atoms with Crippen LogP contribution in [0.3, 0.4) is 0 Å². The molecule has 3 rings (SSSR count). The fourth-order valence-corrected chi connectivity index (χ4v) is 3.97. The third kappa shape index (κ3) is 5.42. The smallest absolute Gasteiger partial charge is 0.244 e. The molecule has 1 atom stereocenters. The maximum Gasteiger partial charge on any atom is 0.244 e. The van der Waals surface area contributed by atoms with Crippen LogP contribution in [0.1, 0.15) is 38.1 Å². The third-order valence-electron chi connectivity index (χ3n) is 4.56. The lowest BCUT2D eigenvalue weighted by atomic mass is 9.96. The van der Waals surface area contributed by atoms with E-state index in [0.717, 1.165) is 11.3 Å². The lowest BCUT2D eigenvalue weighted by molar-refractivity contribution is -0.117. The SMILES string of the molecule is CC(=O)N(c1ccccc1)c1nc(/C=C/C(=O)NC(c2ccccc2)C(C)C)cs1. The number of aromatic nitrogens is 1. The molecule has 6 heteroatoms. The summed E-state index contributed by atoms with van der Waals surface area (Å²) in [7, 11) is 0. The first kappa shape index (κ1) is 21.5. The zero-order valence-corrected chi connectivity index (χ0v) is 18.1. The second kappa shape index (κ2) is 9.98. The summed E-state index contributed by atoms with van der Waals surface area (Å²) >= 11 is 1.36. The Bertz CT molecular complexity index is 1010. The fraction of sp³-hybridized carbons (Fsp3) is 0.208. The topological polar surface area (TPSA) is 62.3 Å². The molecule has 0 radical (unpaired) electrons. The number of carbonyl (C=O) groups is 2. The second-order valence-corrected chi connectivity index (χ2v) is 8.06. The first-order valence-corrected chi connectivity index (χ1v) is 10.7. The molecule has 30 heavy (non-hydrogen) atoms. The molecule has 0 aliphatic heterocycles. The minimum atomic E-state index is -0.182. The molecule has 3 aromatic rings. The van der Waals surface area contributed by atoms with E-state index in [9.17, 15) is 9.59 Å². The Morgan fingerprint density at radius 3 is 2.27 bits per heavy atom. The number of hydrogen-bond donors (Lipinski definition) is 1. The van der Waals surface area contributed by atoms with Crippen LogP contribution in [0, 0.1) is 5.92 Å². The molecule has 0 bridgehead atoms. The van der Waals surface area contributed by atoms with Crippen molar-refractivity contribution in [2.24, 2.45) is 5.92 Å². The molecule has 0 saturated carbocycles. The number of rotatable bonds is 7. The summed E-state index contributed by atoms with van der Waals surface area (Å²) in [5, 5.41) is 5.46. The van der Waals surface area contributed by atoms with Gasteiger partial charge < -0.3 is 5.32 Å². The van der Waals surface area contributed by atoms with Crippen molar-refractivity contribution < 1.29 is 9.59 Å². The molecule has 0 fully saturated rings. The quantitative estimate of drug-likeness (QED) is 0.525. The first-order valence-electron chi connectivity index (χ1n) is 9.80. The van der Waals surface area contributed by atoms with E-state index < -0.39 is 0 Å². The molecule has 0 aliphatic carbocycles. The van der Waals surface area contributed by atoms with Crippen LogP contribution in [0.5, 0.6) is 0 Å². The van der Waals surface area contributed by atoms with Crippen molar-refractivity contribution in [3.63, 3.8) is 0 Å². The fourth-order valence-electron chi connectivity index (χ4n) is 3.12. The Balaban J connectivity index is 1.71. The zero-order valence-electron chi connectivity index (χ0n) is 17.3. The molecule has 0 aliphatic rings. The largest absolute Gasteiger partial charge is 0.345 e. The minimum absolute atomic E-state index is 0.0689. The van der Waals surface area contributed by atoms with Gasteiger partial charge in [-0.25, -0.2) is 4.98 Å². The maximum atomic E-state index is 12.5. The molecule has 1 unspecified atom stereocenters. The summed E-state index contributed by atoms with van der Waals surface area (Å²) in [4.78, 5) is 30.7. The van der Waals surface area contributed by atoms with E-state index in [2.05, 4.69) is 24.1 Å². The molecular weight excluding hydrogens is 394 g/mol. The normalized spacial score (nSPS) is 12.1. The van der Waals surface area contributed by atoms with Crippen LogP contribution in [0.25, 0.3) is 6.08 Å². The molecule has 1 aromatic heterocycles. The molecule has 154 valence electrons. The number of nitrogens with one attached hydrogen (secondary N) is 1. The van der Waals surface area contributed by atoms with Crippen molar-refractivity contribution in [2.75, 3.05) is 4.90 Å². The van der Waals surface area contributed by atoms with Crippen molar-refractivity contribution in [2.45, 2.75) is 26.8 Å². The van der Waals surface area contributed by atoms with E-state index in [1.165, 1.54) is 24.3 Å². The van der Waals surface area contributed by atoms with Crippen LogP contribution >= 0.6 is 11.3 Å². The van der Waals surface area contributed by atoms with Gasteiger partial charge in [0.15, 0.2) is 5.13 Å². The lowest BCUT2D eigenvalue weighted by Crippen LogP contribution is -2.30. The number of thiazole rings is 1. The Morgan fingerprint density at radius 2 is 1.67 bits per heavy atom. The molecule has 1 N–H and O–H groups in total. The van der Waals surface area contributed by atoms with E-state index in [-0.39, 0.29) is 23.8 Å². The highest BCUT2D eigenvalue weighted by atomic mass is 32.1. The highest BCUT2D eigenvalue weighted by Gasteiger charge is 2.18. The third-order valence-corrected chi connectivity index (χ3v) is 5.40. The average Bonchev–Trinajstić information content (AvgIpc) is 3.20. The molecule has 5 nitrogen and oxygen atoms in total. The van der Waals surface area contributed by atoms with Gasteiger partial charge in [0.05, 0.1) is 17.4 Å². The summed E-state index contributed by atoms with van der Waals surface area (Å²) in [5.74, 6) is -0.0457. The van der Waals surface area contributed by atoms with Crippen molar-refractivity contribution in [1.29, 1.82) is 0 Å². The monoisotopic (exact) mass is 419 g/mol. The van der Waals surface area contributed by atoms with Crippen LogP contribution < -0.4 is 10.2 Å². The predicted octanol–water partition coefficient (Wildman–Crippen LogP) is 5.35. The molecule has 2 amide bonds. The Hall–Kier alpha value is -3.25. The van der Waals surface area contributed by atoms with Crippen LogP contribution in [0.15, 0.2) is 72.1 Å². The molecule has 2 aromatic carbocycles. The molecular formula is C24H25N3O2S. The molecule has 1 heterocycles. The van der Waals surface area contributed by atoms with Crippen molar-refractivity contribution in [1.82, 2.24) is 10.3 Å². The zero-order chi connectivity index (χ0) is 21.5. The van der Waals surface area contributed by atoms with Gasteiger partial charge in [0.25, 0.3) is 0 Å². The summed E-state index contributed by atoms with van der Waals surface area (Å²) in [6.07, 6.45) is 3.15. The van der Waals surface area contributed by atoms with Crippen LogP contribution in [-0.2, 0) is 9.59 Å². The average molecular weight is 420 g/mol. The number of carbonyl (C=O) groups excluding carboxylic acids is 2. The van der Waals surface area contributed by atoms with Gasteiger partial charge in [0.1, 0.15) is 0 Å². The van der Waals surface area contributed by atoms with Gasteiger partial charge in [0.2, 0.25) is 11.8 Å². The van der Waals surface area contributed by atoms with Crippen molar-refractivity contribution in [3.05, 3.63) is 83.4 Å². The Kier molecular flexibility index (Phi) is 7.14. The van der Waals surface area contributed by atoms with Crippen LogP contribution in [-0.4, -0.2) is 16.8 Å². The van der Waals surface area contributed by atoms with Gasteiger partial charge >= 0.3 is 0 Å². The van der Waals surface area contributed by atoms with Gasteiger partial charge in [-0.3, -0.25) is 14.5 Å². The number of para-hydroxylation sites is 1. The van der Waals surface area contributed by atoms with Crippen molar-refractivity contribution in [3.8, 4) is 0 Å². The van der Waals surface area contributed by atoms with Gasteiger partial charge in [-0.2, -0.15) is 0 Å². The van der Waals surface area contributed by atoms with E-state index in [1.807, 2.05) is 66.0 Å². The number of benzene rings is 2. The van der Waals surface area contributed by atoms with E-state index >= 15 is 0 Å². The number of amides is 2. The van der Waals surface area contributed by atoms with Gasteiger partial charge in [0, 0.05) is 18.4 Å². The highest BCUT2D eigenvalue weighted by molar-refractivity contribution is 7.14. The highest BCUT2D eigenvalue weighted by Crippen LogP contribution is 2.29. The van der Waals surface area contributed by atoms with Crippen LogP contribution in [0.4, 0.5) is 10.8 Å². The van der Waals surface area contributed by atoms with Gasteiger partial charge in [-0.05, 0) is 29.7 Å². The van der Waals surface area contributed by atoms with Crippen molar-refractivity contribution >= 4 is 40.0 Å². The molecule has 0 saturated heterocycles. The number of hydrogen-bond acceptors (Lipinski definition) is 4. The van der Waals surface area contributed by atoms with Gasteiger partial charge in [-0.1, -0.05) is 62.4 Å². The standard InChI is InChI=1S/C24H25N3O2S/c1-17(2)23(19-10-6-4-7-11-19)26-22(29)15-14-20-16-30-24(25-20)27(18(3)28)21-12-8-5-9-13-21/h4-17,23H,1-3H3,(H,26,29)/b15-14+. The molecule has 0 spiro atoms. The summed E-state index contributed by atoms with van der Waals surface area (Å²) < 4.78 is 0. The summed E-state index contributed by atoms with van der Waals surface area (Å²) in [6.45, 7) is 5.66. The Labute approximate surface area is 181 Å². The number of nitrogens with zero attached hydrogens (tertiary/aromatic N) is 2. The first-order chi connectivity index (χ1) is 14.5. The summed E-state index contributed by atoms with van der Waals surface area (Å²) in [6, 6.07) is 19.2. The summed E-state index contributed by atoms with van der Waals surface area (Å²) in [5.41, 5.74) is 2.47. The maximum absolute atomic E-state index is 12.5. The van der Waals surface area contributed by atoms with E-state index in [1.54, 1.807) is 11.0 Å². The van der Waals surface area contributed by atoms with Gasteiger partial charge in [-0.15, -0.1) is 11.3 Å². The van der Waals surface area contributed by atoms with Crippen LogP contribution in [0.2, 0.25) is 0 Å². The Morgan fingerprint density at radius 1 is 1.03 bits per heavy atom. The number of anilines is 2. The predicted molar refractivity (Wildman–Crippen MR) is 123 cm³/mol.